The Morgan fingerprint density at radius 3 is 2.60 bits per heavy atom. The van der Waals surface area contributed by atoms with Crippen molar-refractivity contribution >= 4 is 11.6 Å². The maximum Gasteiger partial charge on any atom is 0.118 e. The third-order valence-electron chi connectivity index (χ3n) is 0.734. The van der Waals surface area contributed by atoms with Gasteiger partial charge in [-0.1, -0.05) is 11.6 Å². The molecule has 0 N–H and O–H groups in total. The van der Waals surface area contributed by atoms with Gasteiger partial charge in [0, 0.05) is 14.1 Å². The SMILES string of the molecule is CN(C)/C=C/C=C(/Cl)C#N. The first-order chi connectivity index (χ1) is 4.66. The molecule has 0 aliphatic rings. The lowest BCUT2D eigenvalue weighted by molar-refractivity contribution is 0.564. The van der Waals surface area contributed by atoms with Gasteiger partial charge in [-0.05, 0) is 18.4 Å². The first kappa shape index (κ1) is 9.06. The molecule has 0 bridgehead atoms. The molecule has 0 aliphatic heterocycles. The fourth-order valence-corrected chi connectivity index (χ4v) is 0.410. The molecule has 0 rings (SSSR count). The maximum atomic E-state index is 8.20. The maximum absolute atomic E-state index is 8.20. The molecule has 0 aromatic rings. The summed E-state index contributed by atoms with van der Waals surface area (Å²) in [5.41, 5.74) is 0. The van der Waals surface area contributed by atoms with Gasteiger partial charge in [-0.3, -0.25) is 0 Å². The highest BCUT2D eigenvalue weighted by Gasteiger charge is 1.80. The summed E-state index contributed by atoms with van der Waals surface area (Å²) >= 11 is 5.38. The lowest BCUT2D eigenvalue weighted by Gasteiger charge is -2.00. The highest BCUT2D eigenvalue weighted by Crippen LogP contribution is 1.97. The molecule has 0 saturated carbocycles. The quantitative estimate of drug-likeness (QED) is 0.450. The van der Waals surface area contributed by atoms with Gasteiger partial charge in [0.25, 0.3) is 0 Å². The molecule has 0 aliphatic carbocycles. The number of nitrogens with zero attached hydrogens (tertiary/aromatic N) is 2. The van der Waals surface area contributed by atoms with E-state index >= 15 is 0 Å². The molecule has 3 heteroatoms. The molecule has 10 heavy (non-hydrogen) atoms. The smallest absolute Gasteiger partial charge is 0.118 e. The molecular formula is C7H9ClN2. The number of hydrogen-bond acceptors (Lipinski definition) is 2. The largest absolute Gasteiger partial charge is 0.383 e. The molecule has 0 heterocycles. The Bertz CT molecular complexity index is 186. The third-order valence-corrected chi connectivity index (χ3v) is 0.944. The molecule has 0 unspecified atom stereocenters. The van der Waals surface area contributed by atoms with Crippen molar-refractivity contribution in [1.82, 2.24) is 4.90 Å². The van der Waals surface area contributed by atoms with Crippen molar-refractivity contribution in [2.45, 2.75) is 0 Å². The molecule has 0 fully saturated rings. The average molecular weight is 157 g/mol. The van der Waals surface area contributed by atoms with Crippen molar-refractivity contribution in [2.75, 3.05) is 14.1 Å². The van der Waals surface area contributed by atoms with Crippen LogP contribution in [0, 0.1) is 11.3 Å². The number of hydrogen-bond donors (Lipinski definition) is 0. The second-order valence-electron chi connectivity index (χ2n) is 1.93. The second kappa shape index (κ2) is 4.89. The van der Waals surface area contributed by atoms with E-state index in [9.17, 15) is 0 Å². The highest BCUT2D eigenvalue weighted by atomic mass is 35.5. The lowest BCUT2D eigenvalue weighted by Crippen LogP contribution is -1.99. The zero-order valence-electron chi connectivity index (χ0n) is 6.00. The first-order valence-electron chi connectivity index (χ1n) is 2.77. The normalized spacial score (nSPS) is 11.6. The summed E-state index contributed by atoms with van der Waals surface area (Å²) in [6, 6.07) is 1.80. The van der Waals surface area contributed by atoms with E-state index in [0.717, 1.165) is 0 Å². The molecule has 0 aromatic heterocycles. The van der Waals surface area contributed by atoms with Crippen LogP contribution in [0.15, 0.2) is 23.4 Å². The van der Waals surface area contributed by atoms with Gasteiger partial charge in [0.1, 0.15) is 11.1 Å². The minimum absolute atomic E-state index is 0.193. The molecule has 2 nitrogen and oxygen atoms in total. The van der Waals surface area contributed by atoms with Crippen LogP contribution in [0.1, 0.15) is 0 Å². The van der Waals surface area contributed by atoms with Crippen LogP contribution >= 0.6 is 11.6 Å². The van der Waals surface area contributed by atoms with Crippen molar-refractivity contribution < 1.29 is 0 Å². The van der Waals surface area contributed by atoms with Crippen LogP contribution in [0.4, 0.5) is 0 Å². The van der Waals surface area contributed by atoms with Crippen LogP contribution < -0.4 is 0 Å². The second-order valence-corrected chi connectivity index (χ2v) is 2.34. The van der Waals surface area contributed by atoms with E-state index in [4.69, 9.17) is 16.9 Å². The fourth-order valence-electron chi connectivity index (χ4n) is 0.337. The number of halogens is 1. The number of nitriles is 1. The van der Waals surface area contributed by atoms with Gasteiger partial charge >= 0.3 is 0 Å². The zero-order valence-corrected chi connectivity index (χ0v) is 6.76. The van der Waals surface area contributed by atoms with Crippen molar-refractivity contribution in [1.29, 1.82) is 5.26 Å². The molecular weight excluding hydrogens is 148 g/mol. The average Bonchev–Trinajstić information content (AvgIpc) is 1.87. The summed E-state index contributed by atoms with van der Waals surface area (Å²) in [7, 11) is 3.79. The third kappa shape index (κ3) is 5.20. The van der Waals surface area contributed by atoms with Gasteiger partial charge in [-0.15, -0.1) is 0 Å². The molecule has 0 amide bonds. The van der Waals surface area contributed by atoms with Crippen LogP contribution in [0.2, 0.25) is 0 Å². The monoisotopic (exact) mass is 156 g/mol. The Balaban J connectivity index is 3.85. The Kier molecular flexibility index (Phi) is 4.43. The van der Waals surface area contributed by atoms with Gasteiger partial charge in [0.2, 0.25) is 0 Å². The van der Waals surface area contributed by atoms with Crippen LogP contribution in [0.5, 0.6) is 0 Å². The van der Waals surface area contributed by atoms with E-state index < -0.39 is 0 Å². The predicted octanol–water partition coefficient (Wildman–Crippen LogP) is 1.71. The standard InChI is InChI=1S/C7H9ClN2/c1-10(2)5-3-4-7(8)6-9/h3-5H,1-2H3/b5-3+,7-4+. The summed E-state index contributed by atoms with van der Waals surface area (Å²) in [4.78, 5) is 1.86. The van der Waals surface area contributed by atoms with E-state index in [-0.39, 0.29) is 5.03 Å². The molecule has 0 atom stereocenters. The molecule has 54 valence electrons. The van der Waals surface area contributed by atoms with Crippen molar-refractivity contribution in [2.24, 2.45) is 0 Å². The van der Waals surface area contributed by atoms with Gasteiger partial charge in [-0.25, -0.2) is 0 Å². The van der Waals surface area contributed by atoms with Gasteiger partial charge in [-0.2, -0.15) is 5.26 Å². The van der Waals surface area contributed by atoms with E-state index in [1.165, 1.54) is 0 Å². The summed E-state index contributed by atoms with van der Waals surface area (Å²) in [5.74, 6) is 0. The topological polar surface area (TPSA) is 27.0 Å². The molecule has 0 aromatic carbocycles. The van der Waals surface area contributed by atoms with Crippen LogP contribution in [0.25, 0.3) is 0 Å². The van der Waals surface area contributed by atoms with E-state index in [1.54, 1.807) is 24.4 Å². The zero-order chi connectivity index (χ0) is 7.98. The van der Waals surface area contributed by atoms with Crippen molar-refractivity contribution in [3.05, 3.63) is 23.4 Å². The molecule has 0 saturated heterocycles. The Morgan fingerprint density at radius 1 is 1.60 bits per heavy atom. The van der Waals surface area contributed by atoms with Crippen LogP contribution in [0.3, 0.4) is 0 Å². The van der Waals surface area contributed by atoms with E-state index in [2.05, 4.69) is 0 Å². The lowest BCUT2D eigenvalue weighted by atomic mass is 10.5. The highest BCUT2D eigenvalue weighted by molar-refractivity contribution is 6.31. The summed E-state index contributed by atoms with van der Waals surface area (Å²) < 4.78 is 0. The number of rotatable bonds is 2. The molecule has 0 radical (unpaired) electrons. The van der Waals surface area contributed by atoms with Crippen molar-refractivity contribution in [3.8, 4) is 6.07 Å². The summed E-state index contributed by atoms with van der Waals surface area (Å²) in [6.07, 6.45) is 5.06. The molecule has 0 spiro atoms. The van der Waals surface area contributed by atoms with E-state index in [1.807, 2.05) is 19.0 Å². The Labute approximate surface area is 66.0 Å². The van der Waals surface area contributed by atoms with Crippen LogP contribution in [-0.4, -0.2) is 19.0 Å². The first-order valence-corrected chi connectivity index (χ1v) is 3.15. The predicted molar refractivity (Wildman–Crippen MR) is 42.4 cm³/mol. The summed E-state index contributed by atoms with van der Waals surface area (Å²) in [6.45, 7) is 0. The van der Waals surface area contributed by atoms with Gasteiger partial charge < -0.3 is 4.90 Å². The fraction of sp³-hybridized carbons (Fsp3) is 0.286. The summed E-state index contributed by atoms with van der Waals surface area (Å²) in [5, 5.41) is 8.39. The van der Waals surface area contributed by atoms with Crippen molar-refractivity contribution in [3.63, 3.8) is 0 Å². The van der Waals surface area contributed by atoms with E-state index in [0.29, 0.717) is 0 Å². The Morgan fingerprint density at radius 2 is 2.20 bits per heavy atom. The minimum atomic E-state index is 0.193. The number of allylic oxidation sites excluding steroid dienone is 3. The van der Waals surface area contributed by atoms with Gasteiger partial charge in [0.15, 0.2) is 0 Å². The Hall–Kier alpha value is -0.940. The van der Waals surface area contributed by atoms with Crippen LogP contribution in [-0.2, 0) is 0 Å². The minimum Gasteiger partial charge on any atom is -0.383 e. The van der Waals surface area contributed by atoms with Gasteiger partial charge in [0.05, 0.1) is 0 Å².